The van der Waals surface area contributed by atoms with Gasteiger partial charge in [-0.2, -0.15) is 5.26 Å². The van der Waals surface area contributed by atoms with Crippen molar-refractivity contribution in [2.45, 2.75) is 44.7 Å². The number of hydrogen-bond acceptors (Lipinski definition) is 7. The standard InChI is InChI=1S/C17H20N6O3/c1-10-6-16(26-23-10)21-14-7-11(9-19-15(14)8-18)20-12-4-2-3-5-13(12)22-17(24)25/h6-7,9,12-13,20-22H,2-5H2,1H3,(H,24,25). The Balaban J connectivity index is 1.78. The summed E-state index contributed by atoms with van der Waals surface area (Å²) in [6.45, 7) is 1.80. The quantitative estimate of drug-likeness (QED) is 0.642. The molecule has 2 aromatic heterocycles. The summed E-state index contributed by atoms with van der Waals surface area (Å²) in [6.07, 6.45) is 4.21. The molecule has 0 spiro atoms. The highest BCUT2D eigenvalue weighted by Crippen LogP contribution is 2.26. The molecule has 0 aliphatic heterocycles. The Kier molecular flexibility index (Phi) is 5.22. The summed E-state index contributed by atoms with van der Waals surface area (Å²) >= 11 is 0. The van der Waals surface area contributed by atoms with Crippen LogP contribution in [0.4, 0.5) is 22.1 Å². The van der Waals surface area contributed by atoms with Crippen LogP contribution in [0.25, 0.3) is 0 Å². The summed E-state index contributed by atoms with van der Waals surface area (Å²) in [5.74, 6) is 0.418. The topological polar surface area (TPSA) is 136 Å². The number of aryl methyl sites for hydroxylation is 1. The van der Waals surface area contributed by atoms with Crippen LogP contribution in [0.2, 0.25) is 0 Å². The van der Waals surface area contributed by atoms with Gasteiger partial charge in [0.2, 0.25) is 5.88 Å². The first-order chi connectivity index (χ1) is 12.5. The SMILES string of the molecule is Cc1cc(Nc2cc(NC3CCCCC3NC(=O)O)cnc2C#N)on1. The summed E-state index contributed by atoms with van der Waals surface area (Å²) < 4.78 is 5.12. The van der Waals surface area contributed by atoms with Crippen LogP contribution in [-0.2, 0) is 0 Å². The molecule has 3 rings (SSSR count). The second-order valence-corrected chi connectivity index (χ2v) is 6.28. The van der Waals surface area contributed by atoms with Crippen molar-refractivity contribution in [3.8, 4) is 6.07 Å². The minimum Gasteiger partial charge on any atom is -0.465 e. The van der Waals surface area contributed by atoms with Gasteiger partial charge in [0.05, 0.1) is 29.3 Å². The molecule has 1 aliphatic rings. The van der Waals surface area contributed by atoms with Crippen molar-refractivity contribution in [3.63, 3.8) is 0 Å². The van der Waals surface area contributed by atoms with Crippen LogP contribution < -0.4 is 16.0 Å². The number of anilines is 3. The average Bonchev–Trinajstić information content (AvgIpc) is 3.01. The van der Waals surface area contributed by atoms with Crippen molar-refractivity contribution in [2.24, 2.45) is 0 Å². The zero-order valence-electron chi connectivity index (χ0n) is 14.3. The Morgan fingerprint density at radius 1 is 1.35 bits per heavy atom. The van der Waals surface area contributed by atoms with Crippen LogP contribution in [0, 0.1) is 18.3 Å². The Morgan fingerprint density at radius 2 is 2.12 bits per heavy atom. The minimum absolute atomic E-state index is 0.0324. The van der Waals surface area contributed by atoms with Gasteiger partial charge in [0, 0.05) is 12.1 Å². The molecular formula is C17H20N6O3. The Hall–Kier alpha value is -3.28. The molecule has 0 saturated heterocycles. The second kappa shape index (κ2) is 7.74. The van der Waals surface area contributed by atoms with Crippen LogP contribution in [0.5, 0.6) is 0 Å². The average molecular weight is 356 g/mol. The van der Waals surface area contributed by atoms with Crippen molar-refractivity contribution >= 4 is 23.4 Å². The largest absolute Gasteiger partial charge is 0.465 e. The third-order valence-corrected chi connectivity index (χ3v) is 4.31. The van der Waals surface area contributed by atoms with E-state index < -0.39 is 6.09 Å². The number of nitrogens with zero attached hydrogens (tertiary/aromatic N) is 3. The molecule has 9 nitrogen and oxygen atoms in total. The van der Waals surface area contributed by atoms with Gasteiger partial charge in [0.25, 0.3) is 0 Å². The fourth-order valence-electron chi connectivity index (χ4n) is 3.13. The van der Waals surface area contributed by atoms with Crippen LogP contribution >= 0.6 is 0 Å². The molecule has 2 atom stereocenters. The van der Waals surface area contributed by atoms with Gasteiger partial charge in [-0.05, 0) is 25.8 Å². The first-order valence-electron chi connectivity index (χ1n) is 8.41. The van der Waals surface area contributed by atoms with Gasteiger partial charge in [0.15, 0.2) is 5.69 Å². The molecule has 1 amide bonds. The number of aromatic nitrogens is 2. The lowest BCUT2D eigenvalue weighted by molar-refractivity contribution is 0.184. The van der Waals surface area contributed by atoms with Crippen LogP contribution in [0.1, 0.15) is 37.1 Å². The Bertz CT molecular complexity index is 828. The van der Waals surface area contributed by atoms with Gasteiger partial charge in [-0.25, -0.2) is 9.78 Å². The van der Waals surface area contributed by atoms with E-state index in [1.165, 1.54) is 0 Å². The van der Waals surface area contributed by atoms with E-state index >= 15 is 0 Å². The highest BCUT2D eigenvalue weighted by atomic mass is 16.5. The number of amides is 1. The molecule has 26 heavy (non-hydrogen) atoms. The van der Waals surface area contributed by atoms with Crippen LogP contribution in [0.15, 0.2) is 22.9 Å². The Morgan fingerprint density at radius 3 is 2.77 bits per heavy atom. The second-order valence-electron chi connectivity index (χ2n) is 6.28. The van der Waals surface area contributed by atoms with Crippen LogP contribution in [-0.4, -0.2) is 33.4 Å². The molecule has 0 aromatic carbocycles. The van der Waals surface area contributed by atoms with Crippen LogP contribution in [0.3, 0.4) is 0 Å². The van der Waals surface area contributed by atoms with Crippen molar-refractivity contribution < 1.29 is 14.4 Å². The fourth-order valence-corrected chi connectivity index (χ4v) is 3.13. The van der Waals surface area contributed by atoms with Gasteiger partial charge >= 0.3 is 6.09 Å². The van der Waals surface area contributed by atoms with E-state index in [-0.39, 0.29) is 17.8 Å². The number of carboxylic acid groups (broad SMARTS) is 1. The first-order valence-corrected chi connectivity index (χ1v) is 8.41. The van der Waals surface area contributed by atoms with Gasteiger partial charge in [-0.3, -0.25) is 0 Å². The monoisotopic (exact) mass is 356 g/mol. The molecule has 9 heteroatoms. The molecule has 2 aromatic rings. The van der Waals surface area contributed by atoms with Crippen molar-refractivity contribution in [3.05, 3.63) is 29.7 Å². The van der Waals surface area contributed by atoms with Gasteiger partial charge in [-0.1, -0.05) is 18.0 Å². The number of nitriles is 1. The van der Waals surface area contributed by atoms with Gasteiger partial charge in [-0.15, -0.1) is 0 Å². The predicted octanol–water partition coefficient (Wildman–Crippen LogP) is 2.98. The third kappa shape index (κ3) is 4.22. The third-order valence-electron chi connectivity index (χ3n) is 4.31. The smallest absolute Gasteiger partial charge is 0.404 e. The van der Waals surface area contributed by atoms with E-state index in [4.69, 9.17) is 9.63 Å². The highest BCUT2D eigenvalue weighted by molar-refractivity contribution is 5.67. The maximum Gasteiger partial charge on any atom is 0.404 e. The Labute approximate surface area is 150 Å². The van der Waals surface area contributed by atoms with Gasteiger partial charge in [0.1, 0.15) is 6.07 Å². The van der Waals surface area contributed by atoms with Gasteiger partial charge < -0.3 is 25.6 Å². The molecule has 1 saturated carbocycles. The first kappa shape index (κ1) is 17.5. The molecule has 0 bridgehead atoms. The highest BCUT2D eigenvalue weighted by Gasteiger charge is 2.26. The van der Waals surface area contributed by atoms with E-state index in [1.54, 1.807) is 25.3 Å². The van der Waals surface area contributed by atoms with E-state index in [1.807, 2.05) is 6.07 Å². The van der Waals surface area contributed by atoms with E-state index in [9.17, 15) is 10.1 Å². The van der Waals surface area contributed by atoms with E-state index in [0.29, 0.717) is 17.3 Å². The number of carbonyl (C=O) groups is 1. The molecule has 2 heterocycles. The summed E-state index contributed by atoms with van der Waals surface area (Å²) in [5, 5.41) is 31.0. The van der Waals surface area contributed by atoms with Crippen molar-refractivity contribution in [1.29, 1.82) is 5.26 Å². The minimum atomic E-state index is -1.02. The zero-order chi connectivity index (χ0) is 18.5. The lowest BCUT2D eigenvalue weighted by Gasteiger charge is -2.32. The lowest BCUT2D eigenvalue weighted by atomic mass is 9.90. The maximum absolute atomic E-state index is 11.0. The van der Waals surface area contributed by atoms with Crippen molar-refractivity contribution in [2.75, 3.05) is 10.6 Å². The number of rotatable bonds is 5. The number of nitrogens with one attached hydrogen (secondary N) is 3. The molecule has 1 fully saturated rings. The zero-order valence-corrected chi connectivity index (χ0v) is 14.3. The summed E-state index contributed by atoms with van der Waals surface area (Å²) in [4.78, 5) is 15.2. The summed E-state index contributed by atoms with van der Waals surface area (Å²) in [7, 11) is 0. The maximum atomic E-state index is 11.0. The fraction of sp³-hybridized carbons (Fsp3) is 0.412. The molecule has 136 valence electrons. The van der Waals surface area contributed by atoms with E-state index in [2.05, 4.69) is 26.1 Å². The molecule has 4 N–H and O–H groups in total. The molecular weight excluding hydrogens is 336 g/mol. The number of hydrogen-bond donors (Lipinski definition) is 4. The molecule has 2 unspecified atom stereocenters. The predicted molar refractivity (Wildman–Crippen MR) is 94.3 cm³/mol. The van der Waals surface area contributed by atoms with Crippen molar-refractivity contribution in [1.82, 2.24) is 15.5 Å². The number of pyridine rings is 1. The normalized spacial score (nSPS) is 19.4. The van der Waals surface area contributed by atoms with E-state index in [0.717, 1.165) is 31.4 Å². The molecule has 1 aliphatic carbocycles. The summed E-state index contributed by atoms with van der Waals surface area (Å²) in [5.41, 5.74) is 2.14. The summed E-state index contributed by atoms with van der Waals surface area (Å²) in [6, 6.07) is 5.32. The lowest BCUT2D eigenvalue weighted by Crippen LogP contribution is -2.48. The molecule has 0 radical (unpaired) electrons.